The average molecular weight is 302 g/mol. The summed E-state index contributed by atoms with van der Waals surface area (Å²) in [7, 11) is 0. The van der Waals surface area contributed by atoms with Crippen LogP contribution in [0.25, 0.3) is 11.3 Å². The van der Waals surface area contributed by atoms with Crippen LogP contribution in [-0.4, -0.2) is 27.5 Å². The predicted octanol–water partition coefficient (Wildman–Crippen LogP) is 1.96. The Labute approximate surface area is 128 Å². The van der Waals surface area contributed by atoms with E-state index in [1.54, 1.807) is 6.92 Å². The van der Waals surface area contributed by atoms with Gasteiger partial charge in [-0.15, -0.1) is 0 Å². The Kier molecular flexibility index (Phi) is 4.93. The van der Waals surface area contributed by atoms with E-state index in [9.17, 15) is 9.59 Å². The van der Waals surface area contributed by atoms with Gasteiger partial charge in [-0.25, -0.2) is 4.68 Å². The number of carboxylic acids is 1. The van der Waals surface area contributed by atoms with Crippen LogP contribution in [0.4, 0.5) is 0 Å². The third-order valence-corrected chi connectivity index (χ3v) is 3.15. The fourth-order valence-corrected chi connectivity index (χ4v) is 2.19. The van der Waals surface area contributed by atoms with E-state index in [-0.39, 0.29) is 17.5 Å². The highest BCUT2D eigenvalue weighted by Crippen LogP contribution is 2.28. The number of hydrogen-bond donors (Lipinski definition) is 1. The van der Waals surface area contributed by atoms with Gasteiger partial charge in [-0.1, -0.05) is 12.1 Å². The van der Waals surface area contributed by atoms with Crippen LogP contribution in [0.2, 0.25) is 0 Å². The Bertz CT molecular complexity index is 737. The van der Waals surface area contributed by atoms with E-state index in [1.807, 2.05) is 31.2 Å². The van der Waals surface area contributed by atoms with Crippen LogP contribution in [0.1, 0.15) is 19.4 Å². The van der Waals surface area contributed by atoms with E-state index in [0.29, 0.717) is 24.6 Å². The number of carbonyl (C=O) groups is 1. The molecule has 0 unspecified atom stereocenters. The molecule has 0 saturated heterocycles. The first-order chi connectivity index (χ1) is 10.6. The number of carboxylic acid groups (broad SMARTS) is 1. The number of aliphatic carboxylic acids is 1. The summed E-state index contributed by atoms with van der Waals surface area (Å²) in [6.45, 7) is 4.55. The zero-order valence-electron chi connectivity index (χ0n) is 12.6. The minimum Gasteiger partial charge on any atom is -0.493 e. The summed E-state index contributed by atoms with van der Waals surface area (Å²) in [5.74, 6) is -0.393. The average Bonchev–Trinajstić information content (AvgIpc) is 2.50. The molecule has 6 nitrogen and oxygen atoms in total. The lowest BCUT2D eigenvalue weighted by Gasteiger charge is -2.12. The summed E-state index contributed by atoms with van der Waals surface area (Å²) >= 11 is 0. The molecule has 0 fully saturated rings. The van der Waals surface area contributed by atoms with Gasteiger partial charge in [-0.05, 0) is 32.0 Å². The summed E-state index contributed by atoms with van der Waals surface area (Å²) in [5, 5.41) is 13.3. The van der Waals surface area contributed by atoms with Gasteiger partial charge < -0.3 is 9.84 Å². The van der Waals surface area contributed by atoms with E-state index in [0.717, 1.165) is 5.56 Å². The SMILES string of the molecule is CCOc1ccccc1-c1cc(CC(=O)O)c(=O)n(CC)n1. The second-order valence-corrected chi connectivity index (χ2v) is 4.68. The lowest BCUT2D eigenvalue weighted by Crippen LogP contribution is -2.27. The molecule has 6 heteroatoms. The van der Waals surface area contributed by atoms with Crippen molar-refractivity contribution in [2.45, 2.75) is 26.8 Å². The smallest absolute Gasteiger partial charge is 0.308 e. The Hall–Kier alpha value is -2.63. The molecule has 0 bridgehead atoms. The number of aryl methyl sites for hydroxylation is 1. The van der Waals surface area contributed by atoms with E-state index in [2.05, 4.69) is 5.10 Å². The van der Waals surface area contributed by atoms with Crippen LogP contribution in [-0.2, 0) is 17.8 Å². The molecular formula is C16H18N2O4. The molecule has 0 aliphatic carbocycles. The zero-order chi connectivity index (χ0) is 16.1. The Morgan fingerprint density at radius 2 is 2.05 bits per heavy atom. The minimum absolute atomic E-state index is 0.214. The highest BCUT2D eigenvalue weighted by atomic mass is 16.5. The molecular weight excluding hydrogens is 284 g/mol. The predicted molar refractivity (Wildman–Crippen MR) is 82.1 cm³/mol. The monoisotopic (exact) mass is 302 g/mol. The fraction of sp³-hybridized carbons (Fsp3) is 0.312. The number of nitrogens with zero attached hydrogens (tertiary/aromatic N) is 2. The quantitative estimate of drug-likeness (QED) is 0.882. The van der Waals surface area contributed by atoms with Gasteiger partial charge in [0.2, 0.25) is 0 Å². The van der Waals surface area contributed by atoms with Crippen molar-refractivity contribution >= 4 is 5.97 Å². The van der Waals surface area contributed by atoms with Crippen molar-refractivity contribution in [1.29, 1.82) is 0 Å². The standard InChI is InChI=1S/C16H18N2O4/c1-3-18-16(21)11(10-15(19)20)9-13(17-18)12-7-5-6-8-14(12)22-4-2/h5-9H,3-4,10H2,1-2H3,(H,19,20). The molecule has 0 atom stereocenters. The normalized spacial score (nSPS) is 10.5. The molecule has 116 valence electrons. The van der Waals surface area contributed by atoms with Crippen molar-refractivity contribution in [3.8, 4) is 17.0 Å². The maximum Gasteiger partial charge on any atom is 0.308 e. The maximum atomic E-state index is 12.1. The molecule has 0 aliphatic rings. The van der Waals surface area contributed by atoms with Crippen molar-refractivity contribution in [1.82, 2.24) is 9.78 Å². The number of hydrogen-bond acceptors (Lipinski definition) is 4. The first kappa shape index (κ1) is 15.8. The lowest BCUT2D eigenvalue weighted by atomic mass is 10.1. The number of benzene rings is 1. The van der Waals surface area contributed by atoms with Crippen molar-refractivity contribution in [2.24, 2.45) is 0 Å². The van der Waals surface area contributed by atoms with E-state index < -0.39 is 5.97 Å². The largest absolute Gasteiger partial charge is 0.493 e. The first-order valence-corrected chi connectivity index (χ1v) is 7.11. The van der Waals surface area contributed by atoms with Gasteiger partial charge in [-0.2, -0.15) is 5.10 Å². The number of para-hydroxylation sites is 1. The van der Waals surface area contributed by atoms with Crippen LogP contribution in [0.15, 0.2) is 35.1 Å². The molecule has 22 heavy (non-hydrogen) atoms. The summed E-state index contributed by atoms with van der Waals surface area (Å²) in [6, 6.07) is 8.88. The third kappa shape index (κ3) is 3.33. The molecule has 1 aromatic carbocycles. The first-order valence-electron chi connectivity index (χ1n) is 7.11. The van der Waals surface area contributed by atoms with E-state index in [4.69, 9.17) is 9.84 Å². The third-order valence-electron chi connectivity index (χ3n) is 3.15. The summed E-state index contributed by atoms with van der Waals surface area (Å²) < 4.78 is 6.85. The minimum atomic E-state index is -1.05. The molecule has 0 amide bonds. The van der Waals surface area contributed by atoms with Crippen molar-refractivity contribution in [3.05, 3.63) is 46.2 Å². The highest BCUT2D eigenvalue weighted by molar-refractivity contribution is 5.72. The van der Waals surface area contributed by atoms with Gasteiger partial charge in [0, 0.05) is 17.7 Å². The van der Waals surface area contributed by atoms with Crippen molar-refractivity contribution in [3.63, 3.8) is 0 Å². The van der Waals surface area contributed by atoms with Gasteiger partial charge in [-0.3, -0.25) is 9.59 Å². The summed E-state index contributed by atoms with van der Waals surface area (Å²) in [4.78, 5) is 23.1. The van der Waals surface area contributed by atoms with Crippen LogP contribution < -0.4 is 10.3 Å². The van der Waals surface area contributed by atoms with Gasteiger partial charge in [0.05, 0.1) is 18.7 Å². The van der Waals surface area contributed by atoms with E-state index >= 15 is 0 Å². The lowest BCUT2D eigenvalue weighted by molar-refractivity contribution is -0.136. The number of aromatic nitrogens is 2. The molecule has 1 aromatic heterocycles. The highest BCUT2D eigenvalue weighted by Gasteiger charge is 2.14. The van der Waals surface area contributed by atoms with Gasteiger partial charge in [0.25, 0.3) is 5.56 Å². The van der Waals surface area contributed by atoms with Gasteiger partial charge >= 0.3 is 5.97 Å². The van der Waals surface area contributed by atoms with Gasteiger partial charge in [0.15, 0.2) is 0 Å². The Morgan fingerprint density at radius 1 is 1.32 bits per heavy atom. The summed E-state index contributed by atoms with van der Waals surface area (Å²) in [6.07, 6.45) is -0.328. The number of ether oxygens (including phenoxy) is 1. The molecule has 2 rings (SSSR count). The number of rotatable bonds is 6. The van der Waals surface area contributed by atoms with Crippen LogP contribution in [0.3, 0.4) is 0 Å². The van der Waals surface area contributed by atoms with Crippen LogP contribution in [0, 0.1) is 0 Å². The van der Waals surface area contributed by atoms with Crippen molar-refractivity contribution < 1.29 is 14.6 Å². The van der Waals surface area contributed by atoms with Crippen LogP contribution in [0.5, 0.6) is 5.75 Å². The molecule has 1 heterocycles. The second kappa shape index (κ2) is 6.89. The Balaban J connectivity index is 2.60. The molecule has 0 saturated carbocycles. The zero-order valence-corrected chi connectivity index (χ0v) is 12.6. The molecule has 2 aromatic rings. The van der Waals surface area contributed by atoms with Crippen molar-refractivity contribution in [2.75, 3.05) is 6.61 Å². The molecule has 0 aliphatic heterocycles. The molecule has 1 N–H and O–H groups in total. The topological polar surface area (TPSA) is 81.4 Å². The Morgan fingerprint density at radius 3 is 2.68 bits per heavy atom. The van der Waals surface area contributed by atoms with Crippen LogP contribution >= 0.6 is 0 Å². The fourth-order valence-electron chi connectivity index (χ4n) is 2.19. The van der Waals surface area contributed by atoms with E-state index in [1.165, 1.54) is 10.7 Å². The maximum absolute atomic E-state index is 12.1. The summed E-state index contributed by atoms with van der Waals surface area (Å²) in [5.41, 5.74) is 1.10. The van der Waals surface area contributed by atoms with Gasteiger partial charge in [0.1, 0.15) is 5.75 Å². The molecule has 0 radical (unpaired) electrons. The second-order valence-electron chi connectivity index (χ2n) is 4.68. The molecule has 0 spiro atoms.